The quantitative estimate of drug-likeness (QED) is 0.109. The highest BCUT2D eigenvalue weighted by atomic mass is 79.9. The number of esters is 1. The molecule has 0 radical (unpaired) electrons. The normalized spacial score (nSPS) is 19.9. The number of carbonyl (C=O) groups is 4. The lowest BCUT2D eigenvalue weighted by Crippen LogP contribution is -2.31. The van der Waals surface area contributed by atoms with Gasteiger partial charge in [0.05, 0.1) is 34.3 Å². The molecule has 1 aliphatic heterocycles. The third-order valence-corrected chi connectivity index (χ3v) is 8.21. The van der Waals surface area contributed by atoms with Gasteiger partial charge in [0.25, 0.3) is 0 Å². The lowest BCUT2D eigenvalue weighted by atomic mass is 9.78. The molecule has 0 saturated carbocycles. The number of hydrogen-bond donors (Lipinski definition) is 0. The number of anilines is 1. The minimum absolute atomic E-state index is 0.0115. The molecule has 1 aliphatic carbocycles. The van der Waals surface area contributed by atoms with Crippen LogP contribution in [-0.2, 0) is 14.3 Å². The van der Waals surface area contributed by atoms with Crippen molar-refractivity contribution in [1.82, 2.24) is 4.98 Å². The molecule has 2 heterocycles. The second-order valence-electron chi connectivity index (χ2n) is 10.3. The molecule has 0 N–H and O–H groups in total. The molecule has 3 atom stereocenters. The highest BCUT2D eigenvalue weighted by Crippen LogP contribution is 2.40. The van der Waals surface area contributed by atoms with Crippen LogP contribution in [0, 0.1) is 17.8 Å². The third kappa shape index (κ3) is 5.00. The van der Waals surface area contributed by atoms with Gasteiger partial charge in [0.1, 0.15) is 0 Å². The highest BCUT2D eigenvalue weighted by molar-refractivity contribution is 9.10. The summed E-state index contributed by atoms with van der Waals surface area (Å²) in [4.78, 5) is 58.1. The van der Waals surface area contributed by atoms with Gasteiger partial charge in [-0.25, -0.2) is 9.78 Å². The summed E-state index contributed by atoms with van der Waals surface area (Å²) in [5.74, 6) is -1.94. The highest BCUT2D eigenvalue weighted by Gasteiger charge is 2.50. The molecule has 0 bridgehead atoms. The van der Waals surface area contributed by atoms with E-state index in [-0.39, 0.29) is 40.9 Å². The maximum Gasteiger partial charge on any atom is 0.339 e. The van der Waals surface area contributed by atoms with Gasteiger partial charge >= 0.3 is 5.97 Å². The van der Waals surface area contributed by atoms with Crippen LogP contribution in [0.25, 0.3) is 22.2 Å². The van der Waals surface area contributed by atoms with E-state index in [1.165, 1.54) is 4.90 Å². The number of benzene rings is 3. The number of pyridine rings is 1. The Labute approximate surface area is 245 Å². The molecular formula is C33H25BrN2O5. The van der Waals surface area contributed by atoms with Crippen LogP contribution < -0.4 is 4.90 Å². The van der Waals surface area contributed by atoms with Gasteiger partial charge in [-0.3, -0.25) is 19.3 Å². The summed E-state index contributed by atoms with van der Waals surface area (Å²) in [6.45, 7) is 1.58. The molecule has 4 aromatic rings. The van der Waals surface area contributed by atoms with Crippen LogP contribution in [0.15, 0.2) is 95.5 Å². The van der Waals surface area contributed by atoms with Crippen LogP contribution in [0.2, 0.25) is 0 Å². The average Bonchev–Trinajstić information content (AvgIpc) is 3.25. The van der Waals surface area contributed by atoms with E-state index in [0.29, 0.717) is 39.8 Å². The summed E-state index contributed by atoms with van der Waals surface area (Å²) in [5.41, 5.74) is 3.02. The van der Waals surface area contributed by atoms with E-state index < -0.39 is 12.6 Å². The van der Waals surface area contributed by atoms with Crippen LogP contribution in [0.3, 0.4) is 0 Å². The van der Waals surface area contributed by atoms with Crippen molar-refractivity contribution in [1.29, 1.82) is 0 Å². The maximum atomic E-state index is 13.2. The number of fused-ring (bicyclic) bond motifs is 2. The van der Waals surface area contributed by atoms with Crippen molar-refractivity contribution in [3.8, 4) is 11.3 Å². The molecule has 0 unspecified atom stereocenters. The Morgan fingerprint density at radius 3 is 2.46 bits per heavy atom. The van der Waals surface area contributed by atoms with Crippen molar-refractivity contribution >= 4 is 56.1 Å². The van der Waals surface area contributed by atoms with Crippen molar-refractivity contribution in [3.05, 3.63) is 107 Å². The van der Waals surface area contributed by atoms with E-state index in [9.17, 15) is 19.2 Å². The van der Waals surface area contributed by atoms with Gasteiger partial charge in [0.15, 0.2) is 12.4 Å². The fourth-order valence-electron chi connectivity index (χ4n) is 5.61. The number of Topliss-reactive ketones (excluding diaryl/α,β-unsaturated/α-hetero) is 1. The molecule has 2 aliphatic rings. The van der Waals surface area contributed by atoms with Crippen LogP contribution >= 0.6 is 15.9 Å². The van der Waals surface area contributed by atoms with E-state index in [1.54, 1.807) is 66.7 Å². The summed E-state index contributed by atoms with van der Waals surface area (Å²) < 4.78 is 6.20. The van der Waals surface area contributed by atoms with Crippen molar-refractivity contribution < 1.29 is 23.9 Å². The van der Waals surface area contributed by atoms with Crippen LogP contribution in [0.5, 0.6) is 0 Å². The molecule has 6 rings (SSSR count). The Hall–Kier alpha value is -4.43. The van der Waals surface area contributed by atoms with Crippen molar-refractivity contribution in [2.75, 3.05) is 11.5 Å². The molecule has 1 fully saturated rings. The number of imide groups is 1. The number of rotatable bonds is 6. The SMILES string of the molecule is C[C@@H]1C=CC[C@H]2C(=O)N(c3ccc(-c4cc(C(=O)OCC(=O)c5ccccc5)c5cc(Br)ccc5n4)cc3)C(=O)[C@H]12. The standard InChI is InChI=1S/C33H25BrN2O5/c1-19-6-5-9-24-30(19)32(39)36(31(24)38)23-13-10-20(11-14-23)28-17-26(25-16-22(34)12-15-27(25)35-28)33(40)41-18-29(37)21-7-3-2-4-8-21/h2-8,10-17,19,24,30H,9,18H2,1H3/t19-,24-,30-/m1/s1. The van der Waals surface area contributed by atoms with Gasteiger partial charge in [0.2, 0.25) is 11.8 Å². The summed E-state index contributed by atoms with van der Waals surface area (Å²) in [7, 11) is 0. The predicted octanol–water partition coefficient (Wildman–Crippen LogP) is 6.41. The van der Waals surface area contributed by atoms with Gasteiger partial charge in [-0.15, -0.1) is 0 Å². The molecule has 1 saturated heterocycles. The summed E-state index contributed by atoms with van der Waals surface area (Å²) in [6, 6.07) is 22.7. The molecule has 8 heteroatoms. The molecule has 41 heavy (non-hydrogen) atoms. The summed E-state index contributed by atoms with van der Waals surface area (Å²) in [6.07, 6.45) is 4.55. The Morgan fingerprint density at radius 2 is 1.73 bits per heavy atom. The molecule has 0 spiro atoms. The van der Waals surface area contributed by atoms with Crippen molar-refractivity contribution in [2.45, 2.75) is 13.3 Å². The number of nitrogens with zero attached hydrogens (tertiary/aromatic N) is 2. The van der Waals surface area contributed by atoms with Crippen molar-refractivity contribution in [2.24, 2.45) is 17.8 Å². The largest absolute Gasteiger partial charge is 0.454 e. The number of aromatic nitrogens is 1. The first-order valence-corrected chi connectivity index (χ1v) is 14.1. The molecule has 7 nitrogen and oxygen atoms in total. The van der Waals surface area contributed by atoms with E-state index in [1.807, 2.05) is 31.2 Å². The van der Waals surface area contributed by atoms with Gasteiger partial charge in [-0.2, -0.15) is 0 Å². The number of allylic oxidation sites excluding steroid dienone is 2. The lowest BCUT2D eigenvalue weighted by Gasteiger charge is -2.22. The number of amides is 2. The van der Waals surface area contributed by atoms with E-state index in [2.05, 4.69) is 15.9 Å². The number of ketones is 1. The number of halogens is 1. The number of hydrogen-bond acceptors (Lipinski definition) is 6. The van der Waals surface area contributed by atoms with Crippen molar-refractivity contribution in [3.63, 3.8) is 0 Å². The van der Waals surface area contributed by atoms with Gasteiger partial charge in [0, 0.05) is 21.0 Å². The smallest absolute Gasteiger partial charge is 0.339 e. The summed E-state index contributed by atoms with van der Waals surface area (Å²) in [5, 5.41) is 0.579. The van der Waals surface area contributed by atoms with Crippen LogP contribution in [0.1, 0.15) is 34.1 Å². The van der Waals surface area contributed by atoms with Gasteiger partial charge in [-0.1, -0.05) is 77.5 Å². The zero-order chi connectivity index (χ0) is 28.7. The Balaban J connectivity index is 1.29. The zero-order valence-electron chi connectivity index (χ0n) is 22.1. The molecule has 1 aromatic heterocycles. The second kappa shape index (κ2) is 10.9. The number of ether oxygens (including phenoxy) is 1. The minimum Gasteiger partial charge on any atom is -0.454 e. The fourth-order valence-corrected chi connectivity index (χ4v) is 5.98. The van der Waals surface area contributed by atoms with E-state index in [0.717, 1.165) is 4.47 Å². The molecule has 2 amide bonds. The Kier molecular flexibility index (Phi) is 7.09. The summed E-state index contributed by atoms with van der Waals surface area (Å²) >= 11 is 3.45. The first-order chi connectivity index (χ1) is 19.8. The average molecular weight is 609 g/mol. The Morgan fingerprint density at radius 1 is 0.976 bits per heavy atom. The molecule has 3 aromatic carbocycles. The lowest BCUT2D eigenvalue weighted by molar-refractivity contribution is -0.122. The second-order valence-corrected chi connectivity index (χ2v) is 11.2. The van der Waals surface area contributed by atoms with E-state index in [4.69, 9.17) is 9.72 Å². The maximum absolute atomic E-state index is 13.2. The minimum atomic E-state index is -0.642. The third-order valence-electron chi connectivity index (χ3n) is 7.71. The first-order valence-electron chi connectivity index (χ1n) is 13.3. The van der Waals surface area contributed by atoms with E-state index >= 15 is 0 Å². The topological polar surface area (TPSA) is 93.6 Å². The van der Waals surface area contributed by atoms with Crippen LogP contribution in [0.4, 0.5) is 5.69 Å². The van der Waals surface area contributed by atoms with Gasteiger partial charge < -0.3 is 4.74 Å². The number of carbonyl (C=O) groups excluding carboxylic acids is 4. The molecule has 204 valence electrons. The predicted molar refractivity (Wildman–Crippen MR) is 158 cm³/mol. The molecular weight excluding hydrogens is 584 g/mol. The first kappa shape index (κ1) is 26.8. The zero-order valence-corrected chi connectivity index (χ0v) is 23.7. The van der Waals surface area contributed by atoms with Crippen LogP contribution in [-0.4, -0.2) is 35.2 Å². The monoisotopic (exact) mass is 608 g/mol. The fraction of sp³-hybridized carbons (Fsp3) is 0.182. The Bertz CT molecular complexity index is 1730. The van der Waals surface area contributed by atoms with Gasteiger partial charge in [-0.05, 0) is 48.7 Å².